The summed E-state index contributed by atoms with van der Waals surface area (Å²) in [5, 5.41) is 2.43. The molecule has 0 aromatic carbocycles. The topological polar surface area (TPSA) is 137 Å². The third kappa shape index (κ3) is 3.84. The molecule has 1 aliphatic rings. The smallest absolute Gasteiger partial charge is 0.332 e. The molecule has 2 aromatic rings. The predicted molar refractivity (Wildman–Crippen MR) is 99.0 cm³/mol. The lowest BCUT2D eigenvalue weighted by molar-refractivity contribution is -0.145. The largest absolute Gasteiger partial charge is 0.463 e. The Balaban J connectivity index is 2.06. The summed E-state index contributed by atoms with van der Waals surface area (Å²) in [5.74, 6) is -0.846. The number of esters is 1. The lowest BCUT2D eigenvalue weighted by Crippen LogP contribution is -2.28. The maximum absolute atomic E-state index is 13.0. The lowest BCUT2D eigenvalue weighted by atomic mass is 10.2. The number of H-pyrrole nitrogens is 1. The van der Waals surface area contributed by atoms with E-state index in [9.17, 15) is 19.2 Å². The van der Waals surface area contributed by atoms with Crippen LogP contribution in [0.4, 0.5) is 5.95 Å². The van der Waals surface area contributed by atoms with E-state index in [1.165, 1.54) is 23.0 Å². The number of amides is 1. The van der Waals surface area contributed by atoms with Gasteiger partial charge in [-0.1, -0.05) is 6.92 Å². The molecular weight excluding hydrogens is 370 g/mol. The Kier molecular flexibility index (Phi) is 5.63. The molecule has 0 spiro atoms. The highest BCUT2D eigenvalue weighted by atomic mass is 16.6. The van der Waals surface area contributed by atoms with Crippen LogP contribution in [0.5, 0.6) is 0 Å². The number of anilines is 1. The van der Waals surface area contributed by atoms with Crippen molar-refractivity contribution in [1.82, 2.24) is 19.1 Å². The fourth-order valence-electron chi connectivity index (χ4n) is 3.31. The molecule has 2 N–H and O–H groups in total. The predicted octanol–water partition coefficient (Wildman–Crippen LogP) is 0.495. The minimum atomic E-state index is -0.645. The van der Waals surface area contributed by atoms with Crippen LogP contribution in [0.1, 0.15) is 46.3 Å². The fourth-order valence-corrected chi connectivity index (χ4v) is 3.31. The van der Waals surface area contributed by atoms with Crippen LogP contribution in [0, 0.1) is 0 Å². The van der Waals surface area contributed by atoms with Gasteiger partial charge in [-0.2, -0.15) is 4.98 Å². The number of imidazole rings is 1. The number of nitrogens with one attached hydrogen (secondary N) is 2. The van der Waals surface area contributed by atoms with Gasteiger partial charge >= 0.3 is 11.7 Å². The van der Waals surface area contributed by atoms with Crippen molar-refractivity contribution in [3.63, 3.8) is 0 Å². The van der Waals surface area contributed by atoms with E-state index < -0.39 is 29.4 Å². The van der Waals surface area contributed by atoms with Gasteiger partial charge in [-0.15, -0.1) is 0 Å². The third-order valence-corrected chi connectivity index (χ3v) is 4.40. The van der Waals surface area contributed by atoms with Gasteiger partial charge in [0.15, 0.2) is 11.2 Å². The number of aryl methyl sites for hydroxylation is 1. The minimum Gasteiger partial charge on any atom is -0.463 e. The molecule has 1 aliphatic heterocycles. The summed E-state index contributed by atoms with van der Waals surface area (Å²) in [6.07, 6.45) is 0.746. The minimum absolute atomic E-state index is 0.0399. The molecule has 0 aliphatic carbocycles. The highest BCUT2D eigenvalue weighted by molar-refractivity contribution is 5.87. The van der Waals surface area contributed by atoms with E-state index >= 15 is 0 Å². The summed E-state index contributed by atoms with van der Waals surface area (Å²) in [6, 6.07) is 0. The lowest BCUT2D eigenvalue weighted by Gasteiger charge is -2.14. The SMILES string of the molecule is CCCn1c(=O)n([C@H]2CC[C@@H](COC(C)=O)O2)c2nc(NC(C)=O)[nH]c(=O)c21. The average Bonchev–Trinajstić information content (AvgIpc) is 3.16. The zero-order valence-electron chi connectivity index (χ0n) is 16.0. The van der Waals surface area contributed by atoms with Gasteiger partial charge in [-0.25, -0.2) is 9.36 Å². The molecular formula is C17H23N5O6. The van der Waals surface area contributed by atoms with Crippen molar-refractivity contribution >= 4 is 29.0 Å². The molecule has 1 saturated heterocycles. The Bertz CT molecular complexity index is 1020. The van der Waals surface area contributed by atoms with E-state index in [0.29, 0.717) is 25.8 Å². The van der Waals surface area contributed by atoms with E-state index in [-0.39, 0.29) is 29.8 Å². The normalized spacial score (nSPS) is 19.1. The summed E-state index contributed by atoms with van der Waals surface area (Å²) in [6.45, 7) is 4.94. The number of carbonyl (C=O) groups is 2. The van der Waals surface area contributed by atoms with Crippen LogP contribution in [0.25, 0.3) is 11.2 Å². The van der Waals surface area contributed by atoms with E-state index in [4.69, 9.17) is 9.47 Å². The molecule has 0 radical (unpaired) electrons. The van der Waals surface area contributed by atoms with Crippen LogP contribution in [0.2, 0.25) is 0 Å². The molecule has 28 heavy (non-hydrogen) atoms. The number of hydrogen-bond donors (Lipinski definition) is 2. The summed E-state index contributed by atoms with van der Waals surface area (Å²) >= 11 is 0. The van der Waals surface area contributed by atoms with Gasteiger partial charge in [0, 0.05) is 20.4 Å². The van der Waals surface area contributed by atoms with Crippen molar-refractivity contribution in [3.05, 3.63) is 20.8 Å². The molecule has 3 rings (SSSR count). The molecule has 0 bridgehead atoms. The van der Waals surface area contributed by atoms with Gasteiger partial charge in [0.05, 0.1) is 6.10 Å². The van der Waals surface area contributed by atoms with Crippen LogP contribution in [0.3, 0.4) is 0 Å². The zero-order valence-corrected chi connectivity index (χ0v) is 16.0. The number of carbonyl (C=O) groups excluding carboxylic acids is 2. The van der Waals surface area contributed by atoms with Crippen LogP contribution in [-0.2, 0) is 25.6 Å². The van der Waals surface area contributed by atoms with Crippen molar-refractivity contribution < 1.29 is 19.1 Å². The molecule has 3 heterocycles. The number of ether oxygens (including phenoxy) is 2. The van der Waals surface area contributed by atoms with Crippen LogP contribution < -0.4 is 16.6 Å². The summed E-state index contributed by atoms with van der Waals surface area (Å²) in [5.41, 5.74) is -0.655. The second kappa shape index (κ2) is 7.97. The van der Waals surface area contributed by atoms with Crippen LogP contribution in [-0.4, -0.2) is 43.7 Å². The van der Waals surface area contributed by atoms with Gasteiger partial charge in [-0.05, 0) is 19.3 Å². The number of fused-ring (bicyclic) bond motifs is 1. The quantitative estimate of drug-likeness (QED) is 0.682. The van der Waals surface area contributed by atoms with Crippen molar-refractivity contribution in [2.45, 2.75) is 58.9 Å². The molecule has 2 atom stereocenters. The maximum atomic E-state index is 13.0. The van der Waals surface area contributed by atoms with E-state index in [1.807, 2.05) is 6.92 Å². The second-order valence-corrected chi connectivity index (χ2v) is 6.66. The van der Waals surface area contributed by atoms with E-state index in [1.54, 1.807) is 0 Å². The molecule has 1 fully saturated rings. The van der Waals surface area contributed by atoms with Gasteiger partial charge in [0.1, 0.15) is 12.8 Å². The summed E-state index contributed by atoms with van der Waals surface area (Å²) in [4.78, 5) is 54.7. The maximum Gasteiger partial charge on any atom is 0.332 e. The van der Waals surface area contributed by atoms with Gasteiger partial charge in [0.25, 0.3) is 5.56 Å². The Hall–Kier alpha value is -2.95. The number of aromatic amines is 1. The molecule has 1 amide bonds. The Labute approximate surface area is 159 Å². The Morgan fingerprint density at radius 3 is 2.71 bits per heavy atom. The first-order chi connectivity index (χ1) is 13.3. The highest BCUT2D eigenvalue weighted by Gasteiger charge is 2.32. The zero-order chi connectivity index (χ0) is 20.4. The Morgan fingerprint density at radius 1 is 1.32 bits per heavy atom. The summed E-state index contributed by atoms with van der Waals surface area (Å²) in [7, 11) is 0. The monoisotopic (exact) mass is 393 g/mol. The number of rotatable bonds is 6. The third-order valence-electron chi connectivity index (χ3n) is 4.40. The fraction of sp³-hybridized carbons (Fsp3) is 0.588. The molecule has 152 valence electrons. The number of aromatic nitrogens is 4. The summed E-state index contributed by atoms with van der Waals surface area (Å²) < 4.78 is 13.5. The second-order valence-electron chi connectivity index (χ2n) is 6.66. The molecule has 11 heteroatoms. The molecule has 0 saturated carbocycles. The van der Waals surface area contributed by atoms with Gasteiger partial charge < -0.3 is 9.47 Å². The van der Waals surface area contributed by atoms with Crippen molar-refractivity contribution in [2.75, 3.05) is 11.9 Å². The van der Waals surface area contributed by atoms with E-state index in [2.05, 4.69) is 15.3 Å². The van der Waals surface area contributed by atoms with Gasteiger partial charge in [-0.3, -0.25) is 29.3 Å². The Morgan fingerprint density at radius 2 is 2.07 bits per heavy atom. The number of nitrogens with zero attached hydrogens (tertiary/aromatic N) is 3. The van der Waals surface area contributed by atoms with Crippen molar-refractivity contribution in [1.29, 1.82) is 0 Å². The highest BCUT2D eigenvalue weighted by Crippen LogP contribution is 2.29. The van der Waals surface area contributed by atoms with Crippen molar-refractivity contribution in [3.8, 4) is 0 Å². The average molecular weight is 393 g/mol. The molecule has 11 nitrogen and oxygen atoms in total. The van der Waals surface area contributed by atoms with Crippen molar-refractivity contribution in [2.24, 2.45) is 0 Å². The van der Waals surface area contributed by atoms with Crippen LogP contribution >= 0.6 is 0 Å². The first-order valence-corrected chi connectivity index (χ1v) is 9.13. The first kappa shape index (κ1) is 19.8. The molecule has 2 aromatic heterocycles. The number of hydrogen-bond acceptors (Lipinski definition) is 7. The molecule has 0 unspecified atom stereocenters. The first-order valence-electron chi connectivity index (χ1n) is 9.13. The van der Waals surface area contributed by atoms with E-state index in [0.717, 1.165) is 0 Å². The van der Waals surface area contributed by atoms with Crippen LogP contribution in [0.15, 0.2) is 9.59 Å². The van der Waals surface area contributed by atoms with Gasteiger partial charge in [0.2, 0.25) is 11.9 Å². The standard InChI is InChI=1S/C17H23N5O6/c1-4-7-21-13-14(19-16(18-9(2)23)20-15(13)25)22(17(21)26)12-6-5-11(28-12)8-27-10(3)24/h11-12H,4-8H2,1-3H3,(H2,18,19,20,23,25)/t11-,12+/m0/s1.